The van der Waals surface area contributed by atoms with Gasteiger partial charge in [0.1, 0.15) is 0 Å². The molecule has 1 unspecified atom stereocenters. The zero-order valence-electron chi connectivity index (χ0n) is 11.0. The second-order valence-corrected chi connectivity index (χ2v) is 5.68. The molecule has 0 bridgehead atoms. The van der Waals surface area contributed by atoms with Gasteiger partial charge in [0.05, 0.1) is 5.69 Å². The van der Waals surface area contributed by atoms with Crippen molar-refractivity contribution in [2.45, 2.75) is 6.42 Å². The molecular weight excluding hydrogens is 270 g/mol. The number of thiazole rings is 1. The maximum absolute atomic E-state index is 12.0. The zero-order valence-corrected chi connectivity index (χ0v) is 11.8. The number of hydrogen-bond acceptors (Lipinski definition) is 4. The van der Waals surface area contributed by atoms with E-state index in [1.54, 1.807) is 4.90 Å². The van der Waals surface area contributed by atoms with E-state index < -0.39 is 0 Å². The summed E-state index contributed by atoms with van der Waals surface area (Å²) in [5.74, 6) is 0.347. The SMILES string of the molecule is C=CC1CC(=O)N(c2nc(-c3ccc(N)cc3)cs2)C1. The second-order valence-electron chi connectivity index (χ2n) is 4.84. The Morgan fingerprint density at radius 1 is 1.40 bits per heavy atom. The van der Waals surface area contributed by atoms with Crippen LogP contribution in [0.15, 0.2) is 42.3 Å². The summed E-state index contributed by atoms with van der Waals surface area (Å²) in [6.45, 7) is 4.44. The highest BCUT2D eigenvalue weighted by Crippen LogP contribution is 2.31. The molecule has 3 rings (SSSR count). The van der Waals surface area contributed by atoms with Crippen molar-refractivity contribution in [2.24, 2.45) is 5.92 Å². The van der Waals surface area contributed by atoms with E-state index in [9.17, 15) is 4.79 Å². The van der Waals surface area contributed by atoms with Gasteiger partial charge in [-0.25, -0.2) is 4.98 Å². The molecule has 1 amide bonds. The van der Waals surface area contributed by atoms with E-state index in [0.29, 0.717) is 13.0 Å². The second kappa shape index (κ2) is 5.09. The fourth-order valence-corrected chi connectivity index (χ4v) is 3.11. The lowest BCUT2D eigenvalue weighted by molar-refractivity contribution is -0.117. The molecule has 1 saturated heterocycles. The molecule has 2 N–H and O–H groups in total. The Hall–Kier alpha value is -2.14. The van der Waals surface area contributed by atoms with Crippen LogP contribution in [-0.2, 0) is 4.79 Å². The highest BCUT2D eigenvalue weighted by atomic mass is 32.1. The summed E-state index contributed by atoms with van der Waals surface area (Å²) in [7, 11) is 0. The largest absolute Gasteiger partial charge is 0.399 e. The Morgan fingerprint density at radius 3 is 2.80 bits per heavy atom. The van der Waals surface area contributed by atoms with Crippen molar-refractivity contribution < 1.29 is 4.79 Å². The number of carbonyl (C=O) groups excluding carboxylic acids is 1. The number of aromatic nitrogens is 1. The zero-order chi connectivity index (χ0) is 14.1. The molecule has 1 aromatic heterocycles. The van der Waals surface area contributed by atoms with Crippen molar-refractivity contribution in [2.75, 3.05) is 17.2 Å². The number of rotatable bonds is 3. The molecule has 0 spiro atoms. The Morgan fingerprint density at radius 2 is 2.15 bits per heavy atom. The summed E-state index contributed by atoms with van der Waals surface area (Å²) in [4.78, 5) is 18.3. The van der Waals surface area contributed by atoms with E-state index in [1.807, 2.05) is 35.7 Å². The monoisotopic (exact) mass is 285 g/mol. The molecular formula is C15H15N3OS. The summed E-state index contributed by atoms with van der Waals surface area (Å²) in [5, 5.41) is 2.72. The number of hydrogen-bond donors (Lipinski definition) is 1. The van der Waals surface area contributed by atoms with Crippen LogP contribution in [0.3, 0.4) is 0 Å². The maximum atomic E-state index is 12.0. The molecule has 0 radical (unpaired) electrons. The Bertz CT molecular complexity index is 647. The molecule has 1 aromatic carbocycles. The first-order valence-electron chi connectivity index (χ1n) is 6.41. The summed E-state index contributed by atoms with van der Waals surface area (Å²) >= 11 is 1.49. The van der Waals surface area contributed by atoms with Crippen LogP contribution >= 0.6 is 11.3 Å². The lowest BCUT2D eigenvalue weighted by Gasteiger charge is -2.11. The van der Waals surface area contributed by atoms with Gasteiger partial charge in [0, 0.05) is 35.5 Å². The molecule has 1 fully saturated rings. The van der Waals surface area contributed by atoms with E-state index in [4.69, 9.17) is 5.73 Å². The van der Waals surface area contributed by atoms with Crippen molar-refractivity contribution in [1.82, 2.24) is 4.98 Å². The van der Waals surface area contributed by atoms with Gasteiger partial charge in [-0.1, -0.05) is 18.2 Å². The normalized spacial score (nSPS) is 18.5. The minimum absolute atomic E-state index is 0.119. The number of anilines is 2. The topological polar surface area (TPSA) is 59.2 Å². The first-order valence-corrected chi connectivity index (χ1v) is 7.29. The van der Waals surface area contributed by atoms with E-state index >= 15 is 0 Å². The smallest absolute Gasteiger partial charge is 0.229 e. The van der Waals surface area contributed by atoms with Gasteiger partial charge in [-0.2, -0.15) is 0 Å². The molecule has 4 nitrogen and oxygen atoms in total. The highest BCUT2D eigenvalue weighted by Gasteiger charge is 2.30. The van der Waals surface area contributed by atoms with Gasteiger partial charge in [0.25, 0.3) is 0 Å². The first-order chi connectivity index (χ1) is 9.67. The molecule has 0 aliphatic carbocycles. The fraction of sp³-hybridized carbons (Fsp3) is 0.200. The average molecular weight is 285 g/mol. The van der Waals surface area contributed by atoms with Crippen molar-refractivity contribution in [3.63, 3.8) is 0 Å². The molecule has 1 aliphatic heterocycles. The molecule has 20 heavy (non-hydrogen) atoms. The van der Waals surface area contributed by atoms with E-state index in [1.165, 1.54) is 11.3 Å². The predicted octanol–water partition coefficient (Wildman–Crippen LogP) is 2.93. The number of benzene rings is 1. The third-order valence-electron chi connectivity index (χ3n) is 3.42. The third kappa shape index (κ3) is 2.32. The van der Waals surface area contributed by atoms with Crippen molar-refractivity contribution in [3.05, 3.63) is 42.3 Å². The van der Waals surface area contributed by atoms with Crippen molar-refractivity contribution in [1.29, 1.82) is 0 Å². The number of carbonyl (C=O) groups is 1. The van der Waals surface area contributed by atoms with Gasteiger partial charge >= 0.3 is 0 Å². The average Bonchev–Trinajstić information content (AvgIpc) is 3.06. The van der Waals surface area contributed by atoms with Crippen LogP contribution in [0, 0.1) is 5.92 Å². The summed E-state index contributed by atoms with van der Waals surface area (Å²) in [5.41, 5.74) is 8.29. The van der Waals surface area contributed by atoms with Crippen LogP contribution in [0.4, 0.5) is 10.8 Å². The van der Waals surface area contributed by atoms with Crippen LogP contribution in [0.1, 0.15) is 6.42 Å². The number of nitrogens with two attached hydrogens (primary N) is 1. The summed E-state index contributed by atoms with van der Waals surface area (Å²) < 4.78 is 0. The first kappa shape index (κ1) is 12.9. The fourth-order valence-electron chi connectivity index (χ4n) is 2.25. The number of nitrogen functional groups attached to an aromatic ring is 1. The van der Waals surface area contributed by atoms with Crippen LogP contribution in [0.2, 0.25) is 0 Å². The lowest BCUT2D eigenvalue weighted by Crippen LogP contribution is -2.24. The highest BCUT2D eigenvalue weighted by molar-refractivity contribution is 7.14. The maximum Gasteiger partial charge on any atom is 0.229 e. The molecule has 5 heteroatoms. The van der Waals surface area contributed by atoms with Crippen LogP contribution in [0.25, 0.3) is 11.3 Å². The summed E-state index contributed by atoms with van der Waals surface area (Å²) in [6, 6.07) is 7.57. The van der Waals surface area contributed by atoms with Gasteiger partial charge in [0.15, 0.2) is 5.13 Å². The van der Waals surface area contributed by atoms with Crippen molar-refractivity contribution >= 4 is 28.1 Å². The van der Waals surface area contributed by atoms with Gasteiger partial charge in [-0.05, 0) is 12.1 Å². The lowest BCUT2D eigenvalue weighted by atomic mass is 10.1. The van der Waals surface area contributed by atoms with Gasteiger partial charge in [-0.15, -0.1) is 17.9 Å². The standard InChI is InChI=1S/C15H15N3OS/c1-2-10-7-14(19)18(8-10)15-17-13(9-20-15)11-3-5-12(16)6-4-11/h2-6,9-10H,1,7-8,16H2. The van der Waals surface area contributed by atoms with Crippen LogP contribution in [-0.4, -0.2) is 17.4 Å². The Kier molecular flexibility index (Phi) is 3.28. The molecule has 2 aromatic rings. The molecule has 0 saturated carbocycles. The van der Waals surface area contributed by atoms with Gasteiger partial charge < -0.3 is 5.73 Å². The number of nitrogens with zero attached hydrogens (tertiary/aromatic N) is 2. The molecule has 1 atom stereocenters. The van der Waals surface area contributed by atoms with Crippen molar-refractivity contribution in [3.8, 4) is 11.3 Å². The Labute approximate surface area is 121 Å². The van der Waals surface area contributed by atoms with E-state index in [0.717, 1.165) is 22.1 Å². The minimum Gasteiger partial charge on any atom is -0.399 e. The van der Waals surface area contributed by atoms with Crippen LogP contribution in [0.5, 0.6) is 0 Å². The quantitative estimate of drug-likeness (QED) is 0.696. The molecule has 2 heterocycles. The molecule has 1 aliphatic rings. The predicted molar refractivity (Wildman–Crippen MR) is 82.6 cm³/mol. The minimum atomic E-state index is 0.119. The third-order valence-corrected chi connectivity index (χ3v) is 4.28. The van der Waals surface area contributed by atoms with Gasteiger partial charge in [0.2, 0.25) is 5.91 Å². The van der Waals surface area contributed by atoms with Gasteiger partial charge in [-0.3, -0.25) is 9.69 Å². The van der Waals surface area contributed by atoms with E-state index in [-0.39, 0.29) is 11.8 Å². The Balaban J connectivity index is 1.85. The summed E-state index contributed by atoms with van der Waals surface area (Å²) in [6.07, 6.45) is 2.37. The number of amides is 1. The molecule has 102 valence electrons. The van der Waals surface area contributed by atoms with E-state index in [2.05, 4.69) is 11.6 Å². The van der Waals surface area contributed by atoms with Crippen LogP contribution < -0.4 is 10.6 Å².